The lowest BCUT2D eigenvalue weighted by Gasteiger charge is -2.24. The first-order valence-electron chi connectivity index (χ1n) is 24.6. The van der Waals surface area contributed by atoms with Crippen molar-refractivity contribution < 1.29 is 37.3 Å². The Balaban J connectivity index is 4.16. The molecule has 0 aromatic carbocycles. The van der Waals surface area contributed by atoms with Crippen molar-refractivity contribution in [3.63, 3.8) is 0 Å². The van der Waals surface area contributed by atoms with Crippen molar-refractivity contribution in [3.05, 3.63) is 24.3 Å². The second kappa shape index (κ2) is 42.7. The summed E-state index contributed by atoms with van der Waals surface area (Å²) >= 11 is 0. The van der Waals surface area contributed by atoms with E-state index in [-0.39, 0.29) is 25.8 Å². The number of esters is 1. The summed E-state index contributed by atoms with van der Waals surface area (Å²) in [6.45, 7) is 5.64. The first kappa shape index (κ1) is 57.0. The zero-order valence-electron chi connectivity index (χ0n) is 39.0. The highest BCUT2D eigenvalue weighted by molar-refractivity contribution is 7.47. The number of ether oxygens (including phenoxy) is 2. The van der Waals surface area contributed by atoms with Crippen molar-refractivity contribution in [2.75, 3.05) is 54.1 Å². The quantitative estimate of drug-likeness (QED) is 0.0215. The van der Waals surface area contributed by atoms with Crippen LogP contribution in [0.1, 0.15) is 226 Å². The number of hydrogen-bond donors (Lipinski definition) is 1. The minimum atomic E-state index is -4.28. The van der Waals surface area contributed by atoms with Gasteiger partial charge in [0.25, 0.3) is 0 Å². The van der Waals surface area contributed by atoms with Crippen molar-refractivity contribution in [2.24, 2.45) is 0 Å². The fourth-order valence-corrected chi connectivity index (χ4v) is 7.64. The third-order valence-electron chi connectivity index (χ3n) is 10.7. The largest absolute Gasteiger partial charge is 0.472 e. The van der Waals surface area contributed by atoms with Gasteiger partial charge in [-0.2, -0.15) is 0 Å². The Bertz CT molecular complexity index is 983. The standard InChI is InChI=1S/C49H96NO7P/c1-6-8-10-12-14-16-18-20-22-24-25-26-27-29-31-33-35-37-39-41-44-54-46-48(47-56-58(52,53)55-45-43-50(3,4)5)57-49(51)42-40-38-36-34-32-30-28-23-21-19-17-15-13-11-9-7-2/h20,22-23,28,48H,6-19,21,24-27,29-47H2,1-5H3/p+1/b22-20-,28-23-. The van der Waals surface area contributed by atoms with E-state index in [2.05, 4.69) is 38.2 Å². The molecule has 0 fully saturated rings. The van der Waals surface area contributed by atoms with Crippen molar-refractivity contribution >= 4 is 13.8 Å². The summed E-state index contributed by atoms with van der Waals surface area (Å²) in [5.41, 5.74) is 0. The molecule has 2 unspecified atom stereocenters. The molecule has 2 atom stereocenters. The summed E-state index contributed by atoms with van der Waals surface area (Å²) in [5.74, 6) is -0.320. The van der Waals surface area contributed by atoms with Crippen LogP contribution in [0, 0.1) is 0 Å². The van der Waals surface area contributed by atoms with E-state index in [9.17, 15) is 14.3 Å². The highest BCUT2D eigenvalue weighted by Crippen LogP contribution is 2.43. The van der Waals surface area contributed by atoms with E-state index >= 15 is 0 Å². The number of phosphoric acid groups is 1. The molecule has 58 heavy (non-hydrogen) atoms. The van der Waals surface area contributed by atoms with E-state index in [1.807, 2.05) is 21.1 Å². The molecule has 0 aliphatic carbocycles. The predicted molar refractivity (Wildman–Crippen MR) is 247 cm³/mol. The van der Waals surface area contributed by atoms with Crippen LogP contribution in [0.15, 0.2) is 24.3 Å². The Morgan fingerprint density at radius 3 is 1.31 bits per heavy atom. The first-order chi connectivity index (χ1) is 28.1. The van der Waals surface area contributed by atoms with Crippen LogP contribution >= 0.6 is 7.82 Å². The number of phosphoric ester groups is 1. The monoisotopic (exact) mass is 843 g/mol. The number of rotatable bonds is 46. The number of allylic oxidation sites excluding steroid dienone is 4. The highest BCUT2D eigenvalue weighted by Gasteiger charge is 2.26. The van der Waals surface area contributed by atoms with E-state index in [1.54, 1.807) is 0 Å². The summed E-state index contributed by atoms with van der Waals surface area (Å²) in [6.07, 6.45) is 49.3. The molecular formula is C49H97NO7P+. The molecule has 0 rings (SSSR count). The third kappa shape index (κ3) is 46.1. The van der Waals surface area contributed by atoms with Gasteiger partial charge in [-0.05, 0) is 64.2 Å². The highest BCUT2D eigenvalue weighted by atomic mass is 31.2. The van der Waals surface area contributed by atoms with Crippen molar-refractivity contribution in [1.82, 2.24) is 0 Å². The molecule has 0 heterocycles. The SMILES string of the molecule is CCCCCCCC/C=C\CCCCCCCCCCCCOCC(COP(=O)(O)OCC[N+](C)(C)C)OC(=O)CCCCCCC/C=C\CCCCCCCCC. The van der Waals surface area contributed by atoms with Gasteiger partial charge in [-0.3, -0.25) is 13.8 Å². The van der Waals surface area contributed by atoms with Gasteiger partial charge in [-0.1, -0.05) is 179 Å². The van der Waals surface area contributed by atoms with Crippen molar-refractivity contribution in [2.45, 2.75) is 232 Å². The summed E-state index contributed by atoms with van der Waals surface area (Å²) in [5, 5.41) is 0. The zero-order chi connectivity index (χ0) is 42.7. The molecule has 0 aromatic heterocycles. The normalized spacial score (nSPS) is 13.8. The molecule has 0 radical (unpaired) electrons. The summed E-state index contributed by atoms with van der Waals surface area (Å²) in [6, 6.07) is 0. The van der Waals surface area contributed by atoms with Gasteiger partial charge in [0.15, 0.2) is 0 Å². The Morgan fingerprint density at radius 2 is 0.897 bits per heavy atom. The molecule has 9 heteroatoms. The maximum absolute atomic E-state index is 12.7. The molecule has 0 aromatic rings. The van der Waals surface area contributed by atoms with Crippen LogP contribution in [0.3, 0.4) is 0 Å². The maximum atomic E-state index is 12.7. The number of unbranched alkanes of at least 4 members (excludes halogenated alkanes) is 28. The maximum Gasteiger partial charge on any atom is 0.472 e. The molecule has 0 saturated carbocycles. The number of hydrogen-bond acceptors (Lipinski definition) is 6. The molecule has 0 amide bonds. The van der Waals surface area contributed by atoms with Crippen molar-refractivity contribution in [1.29, 1.82) is 0 Å². The minimum Gasteiger partial charge on any atom is -0.457 e. The average molecular weight is 843 g/mol. The molecule has 344 valence electrons. The number of quaternary nitrogens is 1. The fourth-order valence-electron chi connectivity index (χ4n) is 6.90. The number of nitrogens with zero attached hydrogens (tertiary/aromatic N) is 1. The number of carbonyl (C=O) groups excluding carboxylic acids is 1. The van der Waals surface area contributed by atoms with E-state index in [1.165, 1.54) is 167 Å². The van der Waals surface area contributed by atoms with Gasteiger partial charge < -0.3 is 18.9 Å². The van der Waals surface area contributed by atoms with Gasteiger partial charge in [0.05, 0.1) is 34.4 Å². The van der Waals surface area contributed by atoms with E-state index in [0.29, 0.717) is 24.1 Å². The number of likely N-dealkylation sites (N-methyl/N-ethyl adjacent to an activating group) is 1. The Labute approximate surface area is 360 Å². The molecule has 8 nitrogen and oxygen atoms in total. The van der Waals surface area contributed by atoms with Crippen molar-refractivity contribution in [3.8, 4) is 0 Å². The molecule has 0 spiro atoms. The van der Waals surface area contributed by atoms with Gasteiger partial charge in [0, 0.05) is 13.0 Å². The minimum absolute atomic E-state index is 0.0883. The lowest BCUT2D eigenvalue weighted by Crippen LogP contribution is -2.37. The Morgan fingerprint density at radius 1 is 0.517 bits per heavy atom. The zero-order valence-corrected chi connectivity index (χ0v) is 39.9. The summed E-state index contributed by atoms with van der Waals surface area (Å²) < 4.78 is 35.1. The first-order valence-corrected chi connectivity index (χ1v) is 26.1. The Hall–Kier alpha value is -1.02. The lowest BCUT2D eigenvalue weighted by molar-refractivity contribution is -0.870. The molecule has 0 aliphatic heterocycles. The Kier molecular flexibility index (Phi) is 41.9. The summed E-state index contributed by atoms with van der Waals surface area (Å²) in [7, 11) is 1.67. The van der Waals surface area contributed by atoms with Gasteiger partial charge in [-0.25, -0.2) is 4.57 Å². The van der Waals surface area contributed by atoms with Crippen LogP contribution in [0.2, 0.25) is 0 Å². The average Bonchev–Trinajstić information content (AvgIpc) is 3.18. The third-order valence-corrected chi connectivity index (χ3v) is 11.7. The number of carbonyl (C=O) groups is 1. The fraction of sp³-hybridized carbons (Fsp3) is 0.898. The van der Waals surface area contributed by atoms with Gasteiger partial charge in [0.2, 0.25) is 0 Å². The molecular weight excluding hydrogens is 746 g/mol. The predicted octanol–water partition coefficient (Wildman–Crippen LogP) is 14.8. The smallest absolute Gasteiger partial charge is 0.457 e. The van der Waals surface area contributed by atoms with Crippen LogP contribution in [-0.2, 0) is 27.9 Å². The lowest BCUT2D eigenvalue weighted by atomic mass is 10.1. The topological polar surface area (TPSA) is 91.3 Å². The van der Waals surface area contributed by atoms with E-state index in [4.69, 9.17) is 18.5 Å². The van der Waals surface area contributed by atoms with Crippen LogP contribution in [-0.4, -0.2) is 75.6 Å². The van der Waals surface area contributed by atoms with Gasteiger partial charge in [0.1, 0.15) is 19.3 Å². The summed E-state index contributed by atoms with van der Waals surface area (Å²) in [4.78, 5) is 22.9. The van der Waals surface area contributed by atoms with Gasteiger partial charge in [-0.15, -0.1) is 0 Å². The van der Waals surface area contributed by atoms with Crippen LogP contribution in [0.4, 0.5) is 0 Å². The molecule has 0 bridgehead atoms. The van der Waals surface area contributed by atoms with Crippen LogP contribution in [0.25, 0.3) is 0 Å². The van der Waals surface area contributed by atoms with Crippen LogP contribution < -0.4 is 0 Å². The molecule has 0 saturated heterocycles. The second-order valence-corrected chi connectivity index (χ2v) is 19.3. The van der Waals surface area contributed by atoms with Gasteiger partial charge >= 0.3 is 13.8 Å². The molecule has 1 N–H and O–H groups in total. The molecule has 0 aliphatic rings. The van der Waals surface area contributed by atoms with E-state index < -0.39 is 13.9 Å². The van der Waals surface area contributed by atoms with Crippen LogP contribution in [0.5, 0.6) is 0 Å². The van der Waals surface area contributed by atoms with E-state index in [0.717, 1.165) is 38.5 Å². The second-order valence-electron chi connectivity index (χ2n) is 17.8.